The number of carbonyl (C=O) groups is 5. The van der Waals surface area contributed by atoms with Crippen LogP contribution in [0.3, 0.4) is 0 Å². The van der Waals surface area contributed by atoms with E-state index in [1.165, 1.54) is 16.2 Å². The number of likely N-dealkylation sites (N-methyl/N-ethyl adjacent to an activating group) is 3. The lowest BCUT2D eigenvalue weighted by molar-refractivity contribution is -0.149. The van der Waals surface area contributed by atoms with Crippen LogP contribution in [0.25, 0.3) is 0 Å². The zero-order valence-electron chi connectivity index (χ0n) is 39.8. The number of ether oxygens (including phenoxy) is 2. The minimum absolute atomic E-state index is 0.00332. The van der Waals surface area contributed by atoms with E-state index in [2.05, 4.69) is 20.9 Å². The summed E-state index contributed by atoms with van der Waals surface area (Å²) in [5, 5.41) is 12.0. The van der Waals surface area contributed by atoms with Crippen LogP contribution in [0.5, 0.6) is 0 Å². The minimum Gasteiger partial charge on any atom is -0.379 e. The first kappa shape index (κ1) is 52.4. The van der Waals surface area contributed by atoms with E-state index >= 15 is 0 Å². The fraction of sp³-hybridized carbons (Fsp3) is 0.702. The van der Waals surface area contributed by atoms with Crippen LogP contribution in [0.2, 0.25) is 0 Å². The number of aromatic nitrogens is 1. The van der Waals surface area contributed by atoms with E-state index in [4.69, 9.17) is 9.47 Å². The van der Waals surface area contributed by atoms with E-state index in [-0.39, 0.29) is 65.8 Å². The number of nitrogens with one attached hydrogen (secondary N) is 3. The maximum Gasteiger partial charge on any atom is 0.245 e. The monoisotopic (exact) mass is 884 g/mol. The second kappa shape index (κ2) is 24.8. The Hall–Kier alpha value is -3.92. The molecule has 1 aromatic carbocycles. The standard InChI is InChI=1S/C47H77N7O7S/c1-15-31(8)41(53(12)47(59)39(29(4)5)51-44(57)40(30(6)7)52(11)46(58)38(48-10)28(2)3)36(60-13)27-37(55)54-24-19-22-35(54)42(61-14)32(9)43(56)50-34(45-49-23-25-62-45)26-33-20-17-16-18-21-33/h16-18,20-21,23,25,28-32,34-36,38-42,48H,15,19,22,24,26-27H2,1-14H3,(H,50,56)(H,51,57)/t31-,32+,34-,35-,36+,38-,39-,40-,41-,42+/m0/s1. The summed E-state index contributed by atoms with van der Waals surface area (Å²) in [6.45, 7) is 17.9. The Balaban J connectivity index is 1.81. The maximum absolute atomic E-state index is 14.6. The third-order valence-corrected chi connectivity index (χ3v) is 13.6. The number of hydrogen-bond donors (Lipinski definition) is 3. The molecule has 0 unspecified atom stereocenters. The molecule has 1 aromatic heterocycles. The Morgan fingerprint density at radius 3 is 2.00 bits per heavy atom. The summed E-state index contributed by atoms with van der Waals surface area (Å²) in [7, 11) is 8.23. The summed E-state index contributed by atoms with van der Waals surface area (Å²) < 4.78 is 12.1. The van der Waals surface area contributed by atoms with Crippen molar-refractivity contribution in [3.8, 4) is 0 Å². The van der Waals surface area contributed by atoms with E-state index in [1.54, 1.807) is 46.5 Å². The third-order valence-electron chi connectivity index (χ3n) is 12.7. The minimum atomic E-state index is -0.900. The number of hydrogen-bond acceptors (Lipinski definition) is 10. The second-order valence-electron chi connectivity index (χ2n) is 18.1. The molecule has 348 valence electrons. The van der Waals surface area contributed by atoms with Gasteiger partial charge in [0.25, 0.3) is 0 Å². The number of nitrogens with zero attached hydrogens (tertiary/aromatic N) is 4. The third kappa shape index (κ3) is 13.3. The van der Waals surface area contributed by atoms with Crippen LogP contribution in [0.4, 0.5) is 0 Å². The quantitative estimate of drug-likeness (QED) is 0.127. The SMILES string of the molecule is CC[C@H](C)[C@@H]([C@@H](CC(=O)N1CCC[C@H]1[C@H](OC)[C@@H](C)C(=O)N[C@@H](Cc1ccccc1)c1nccs1)OC)N(C)C(=O)[C@@H](NC(=O)[C@H](C(C)C)N(C)C(=O)[C@@H](NC)C(C)C)C(C)C. The molecule has 2 heterocycles. The molecule has 3 N–H and O–H groups in total. The highest BCUT2D eigenvalue weighted by atomic mass is 32.1. The molecule has 0 aliphatic carbocycles. The van der Waals surface area contributed by atoms with E-state index in [0.29, 0.717) is 25.8 Å². The summed E-state index contributed by atoms with van der Waals surface area (Å²) in [6.07, 6.45) is 3.22. The van der Waals surface area contributed by atoms with Gasteiger partial charge >= 0.3 is 0 Å². The first-order chi connectivity index (χ1) is 29.3. The van der Waals surface area contributed by atoms with Crippen LogP contribution in [-0.4, -0.2) is 134 Å². The molecule has 62 heavy (non-hydrogen) atoms. The van der Waals surface area contributed by atoms with Gasteiger partial charge in [0.15, 0.2) is 0 Å². The molecule has 1 fully saturated rings. The van der Waals surface area contributed by atoms with Gasteiger partial charge in [-0.2, -0.15) is 0 Å². The first-order valence-electron chi connectivity index (χ1n) is 22.4. The van der Waals surface area contributed by atoms with Gasteiger partial charge < -0.3 is 40.1 Å². The average Bonchev–Trinajstić information content (AvgIpc) is 3.96. The molecule has 0 bridgehead atoms. The van der Waals surface area contributed by atoms with E-state index in [1.807, 2.05) is 103 Å². The molecular weight excluding hydrogens is 807 g/mol. The fourth-order valence-electron chi connectivity index (χ4n) is 9.06. The van der Waals surface area contributed by atoms with Crippen LogP contribution < -0.4 is 16.0 Å². The zero-order chi connectivity index (χ0) is 46.4. The van der Waals surface area contributed by atoms with Crippen LogP contribution in [0, 0.1) is 29.6 Å². The predicted molar refractivity (Wildman–Crippen MR) is 245 cm³/mol. The summed E-state index contributed by atoms with van der Waals surface area (Å²) in [5.74, 6) is -2.38. The molecule has 0 radical (unpaired) electrons. The molecule has 1 saturated heterocycles. The number of rotatable bonds is 24. The summed E-state index contributed by atoms with van der Waals surface area (Å²) in [6, 6.07) is 6.63. The number of likely N-dealkylation sites (tertiary alicyclic amines) is 1. The van der Waals surface area contributed by atoms with Crippen molar-refractivity contribution in [2.24, 2.45) is 29.6 Å². The highest BCUT2D eigenvalue weighted by Crippen LogP contribution is 2.31. The Kier molecular flexibility index (Phi) is 21.0. The van der Waals surface area contributed by atoms with Crippen molar-refractivity contribution in [1.82, 2.24) is 35.6 Å². The van der Waals surface area contributed by atoms with Gasteiger partial charge in [-0.3, -0.25) is 24.0 Å². The van der Waals surface area contributed by atoms with Crippen molar-refractivity contribution < 1.29 is 33.4 Å². The molecule has 5 amide bonds. The summed E-state index contributed by atoms with van der Waals surface area (Å²) >= 11 is 1.50. The fourth-order valence-corrected chi connectivity index (χ4v) is 9.75. The van der Waals surface area contributed by atoms with Gasteiger partial charge in [0, 0.05) is 46.4 Å². The topological polar surface area (TPSA) is 163 Å². The van der Waals surface area contributed by atoms with Crippen molar-refractivity contribution in [3.63, 3.8) is 0 Å². The Morgan fingerprint density at radius 1 is 0.855 bits per heavy atom. The molecule has 1 aliphatic heterocycles. The highest BCUT2D eigenvalue weighted by molar-refractivity contribution is 7.09. The van der Waals surface area contributed by atoms with Crippen LogP contribution in [0.15, 0.2) is 41.9 Å². The number of carbonyl (C=O) groups excluding carboxylic acids is 5. The number of thiazole rings is 1. The van der Waals surface area contributed by atoms with Gasteiger partial charge in [-0.05, 0) is 55.5 Å². The lowest BCUT2D eigenvalue weighted by atomic mass is 9.89. The van der Waals surface area contributed by atoms with E-state index in [9.17, 15) is 24.0 Å². The number of benzene rings is 1. The molecular formula is C47H77N7O7S. The molecule has 0 saturated carbocycles. The summed E-state index contributed by atoms with van der Waals surface area (Å²) in [4.78, 5) is 80.0. The maximum atomic E-state index is 14.6. The summed E-state index contributed by atoms with van der Waals surface area (Å²) in [5.41, 5.74) is 1.08. The highest BCUT2D eigenvalue weighted by Gasteiger charge is 2.44. The number of methoxy groups -OCH3 is 2. The van der Waals surface area contributed by atoms with E-state index in [0.717, 1.165) is 17.0 Å². The van der Waals surface area contributed by atoms with Crippen LogP contribution >= 0.6 is 11.3 Å². The van der Waals surface area contributed by atoms with Crippen molar-refractivity contribution in [3.05, 3.63) is 52.5 Å². The first-order valence-corrected chi connectivity index (χ1v) is 23.3. The van der Waals surface area contributed by atoms with Crippen molar-refractivity contribution in [2.75, 3.05) is 41.9 Å². The van der Waals surface area contributed by atoms with E-state index < -0.39 is 48.2 Å². The van der Waals surface area contributed by atoms with Crippen molar-refractivity contribution >= 4 is 40.9 Å². The molecule has 10 atom stereocenters. The van der Waals surface area contributed by atoms with Crippen molar-refractivity contribution in [1.29, 1.82) is 0 Å². The lowest BCUT2D eigenvalue weighted by Gasteiger charge is -2.41. The van der Waals surface area contributed by atoms with Gasteiger partial charge in [0.2, 0.25) is 29.5 Å². The van der Waals surface area contributed by atoms with Gasteiger partial charge in [0.05, 0.1) is 48.7 Å². The largest absolute Gasteiger partial charge is 0.379 e. The van der Waals surface area contributed by atoms with Crippen LogP contribution in [0.1, 0.15) is 105 Å². The van der Waals surface area contributed by atoms with Crippen molar-refractivity contribution in [2.45, 2.75) is 143 Å². The Bertz CT molecular complexity index is 1710. The number of amides is 5. The molecule has 0 spiro atoms. The van der Waals surface area contributed by atoms with Gasteiger partial charge in [0.1, 0.15) is 17.1 Å². The predicted octanol–water partition coefficient (Wildman–Crippen LogP) is 5.33. The Morgan fingerprint density at radius 2 is 1.48 bits per heavy atom. The lowest BCUT2D eigenvalue weighted by Crippen LogP contribution is -2.61. The van der Waals surface area contributed by atoms with Gasteiger partial charge in [-0.1, -0.05) is 99.1 Å². The molecule has 14 nitrogen and oxygen atoms in total. The average molecular weight is 884 g/mol. The van der Waals surface area contributed by atoms with Gasteiger partial charge in [-0.25, -0.2) is 4.98 Å². The second-order valence-corrected chi connectivity index (χ2v) is 19.0. The zero-order valence-corrected chi connectivity index (χ0v) is 40.7. The van der Waals surface area contributed by atoms with Gasteiger partial charge in [-0.15, -0.1) is 11.3 Å². The smallest absolute Gasteiger partial charge is 0.245 e. The molecule has 3 rings (SSSR count). The molecule has 15 heteroatoms. The molecule has 2 aromatic rings. The molecule has 1 aliphatic rings. The Labute approximate surface area is 375 Å². The van der Waals surface area contributed by atoms with Crippen LogP contribution in [-0.2, 0) is 39.9 Å². The normalized spacial score (nSPS) is 18.7.